The van der Waals surface area contributed by atoms with E-state index in [4.69, 9.17) is 0 Å². The Bertz CT molecular complexity index is 1550. The zero-order valence-corrected chi connectivity index (χ0v) is 22.7. The van der Waals surface area contributed by atoms with Crippen LogP contribution in [0.5, 0.6) is 5.75 Å². The molecule has 17 heteroatoms. The molecule has 3 heterocycles. The van der Waals surface area contributed by atoms with Crippen LogP contribution in [0.25, 0.3) is 0 Å². The van der Waals surface area contributed by atoms with E-state index in [0.29, 0.717) is 31.5 Å². The molecule has 3 aromatic heterocycles. The summed E-state index contributed by atoms with van der Waals surface area (Å²) in [6.07, 6.45) is 0.506. The van der Waals surface area contributed by atoms with E-state index in [2.05, 4.69) is 41.0 Å². The number of aryl methyl sites for hydroxylation is 2. The van der Waals surface area contributed by atoms with E-state index in [1.54, 1.807) is 0 Å². The van der Waals surface area contributed by atoms with Crippen LogP contribution in [0.4, 0.5) is 27.8 Å². The maximum atomic E-state index is 13.5. The first-order valence-corrected chi connectivity index (χ1v) is 12.9. The molecule has 1 aromatic carbocycles. The maximum absolute atomic E-state index is 13.5. The van der Waals surface area contributed by atoms with Crippen molar-refractivity contribution in [3.8, 4) is 5.75 Å². The van der Waals surface area contributed by atoms with E-state index in [1.165, 1.54) is 52.2 Å². The van der Waals surface area contributed by atoms with E-state index in [-0.39, 0.29) is 35.7 Å². The minimum absolute atomic E-state index is 0.0555. The lowest BCUT2D eigenvalue weighted by Gasteiger charge is -2.11. The average molecular weight is 608 g/mol. The number of nitrogens with zero attached hydrogens (tertiary/aromatic N) is 7. The lowest BCUT2D eigenvalue weighted by molar-refractivity contribution is -0.274. The second-order valence-electron chi connectivity index (χ2n) is 9.47. The molecule has 4 rings (SSSR count). The number of carbonyl (C=O) groups is 2. The number of amides is 2. The molecule has 4 aromatic rings. The van der Waals surface area contributed by atoms with E-state index in [1.807, 2.05) is 0 Å². The summed E-state index contributed by atoms with van der Waals surface area (Å²) in [7, 11) is 0. The fraction of sp³-hybridized carbons (Fsp3) is 0.346. The van der Waals surface area contributed by atoms with E-state index in [9.17, 15) is 31.5 Å². The predicted octanol–water partition coefficient (Wildman–Crippen LogP) is 3.87. The van der Waals surface area contributed by atoms with Crippen molar-refractivity contribution in [2.24, 2.45) is 0 Å². The minimum Gasteiger partial charge on any atom is -0.406 e. The van der Waals surface area contributed by atoms with Gasteiger partial charge < -0.3 is 15.4 Å². The molecule has 0 atom stereocenters. The first-order valence-electron chi connectivity index (χ1n) is 12.9. The molecule has 0 saturated heterocycles. The van der Waals surface area contributed by atoms with Crippen molar-refractivity contribution in [2.75, 3.05) is 5.32 Å². The lowest BCUT2D eigenvalue weighted by atomic mass is 10.1. The highest BCUT2D eigenvalue weighted by Gasteiger charge is 2.31. The standard InChI is InChI=1S/C26H26F5N9O3/c1-25(27,28)18-7-8-32-19(13-18)14-33-24(42)21-15-39(37-35-21)9-2-3-10-40-16-22(36-38-40)34-23(41)12-17-5-4-6-20(11-17)43-26(29,30)31/h4-8,11,13,15-16H,2-3,9-10,12,14H2,1H3,(H,33,42)(H,34,41). The number of aromatic nitrogens is 7. The molecule has 2 N–H and O–H groups in total. The van der Waals surface area contributed by atoms with Gasteiger partial charge in [0.2, 0.25) is 5.91 Å². The van der Waals surface area contributed by atoms with Crippen LogP contribution in [0.3, 0.4) is 0 Å². The largest absolute Gasteiger partial charge is 0.573 e. The number of ether oxygens (including phenoxy) is 1. The number of unbranched alkanes of at least 4 members (excludes halogenated alkanes) is 1. The number of hydrogen-bond acceptors (Lipinski definition) is 8. The van der Waals surface area contributed by atoms with Crippen LogP contribution in [0.1, 0.15) is 47.1 Å². The molecule has 0 aliphatic heterocycles. The second kappa shape index (κ2) is 13.3. The highest BCUT2D eigenvalue weighted by Crippen LogP contribution is 2.26. The van der Waals surface area contributed by atoms with Crippen LogP contribution in [0.15, 0.2) is 55.0 Å². The van der Waals surface area contributed by atoms with Gasteiger partial charge in [-0.15, -0.1) is 23.4 Å². The summed E-state index contributed by atoms with van der Waals surface area (Å²) in [6, 6.07) is 7.56. The van der Waals surface area contributed by atoms with Gasteiger partial charge in [-0.25, -0.2) is 8.78 Å². The van der Waals surface area contributed by atoms with Crippen molar-refractivity contribution >= 4 is 17.6 Å². The van der Waals surface area contributed by atoms with Gasteiger partial charge in [0, 0.05) is 31.8 Å². The number of hydrogen-bond donors (Lipinski definition) is 2. The topological polar surface area (TPSA) is 142 Å². The Balaban J connectivity index is 1.17. The van der Waals surface area contributed by atoms with E-state index >= 15 is 0 Å². The summed E-state index contributed by atoms with van der Waals surface area (Å²) in [5.74, 6) is -4.27. The van der Waals surface area contributed by atoms with Crippen molar-refractivity contribution in [2.45, 2.75) is 58.1 Å². The van der Waals surface area contributed by atoms with Gasteiger partial charge in [-0.2, -0.15) is 0 Å². The van der Waals surface area contributed by atoms with Gasteiger partial charge in [-0.05, 0) is 42.7 Å². The van der Waals surface area contributed by atoms with Crippen molar-refractivity contribution in [3.63, 3.8) is 0 Å². The van der Waals surface area contributed by atoms with Crippen molar-refractivity contribution in [1.29, 1.82) is 0 Å². The number of pyridine rings is 1. The summed E-state index contributed by atoms with van der Waals surface area (Å²) in [5.41, 5.74) is 0.465. The molecule has 0 unspecified atom stereocenters. The molecule has 0 radical (unpaired) electrons. The van der Waals surface area contributed by atoms with Gasteiger partial charge >= 0.3 is 6.36 Å². The fourth-order valence-corrected chi connectivity index (χ4v) is 3.86. The van der Waals surface area contributed by atoms with E-state index in [0.717, 1.165) is 19.1 Å². The number of carbonyl (C=O) groups excluding carboxylic acids is 2. The quantitative estimate of drug-likeness (QED) is 0.172. The smallest absolute Gasteiger partial charge is 0.406 e. The van der Waals surface area contributed by atoms with Crippen molar-refractivity contribution in [3.05, 3.63) is 77.5 Å². The summed E-state index contributed by atoms with van der Waals surface area (Å²) in [4.78, 5) is 28.7. The highest BCUT2D eigenvalue weighted by atomic mass is 19.4. The zero-order chi connectivity index (χ0) is 31.0. The summed E-state index contributed by atoms with van der Waals surface area (Å²) < 4.78 is 71.1. The Kier molecular flexibility index (Phi) is 9.62. The number of anilines is 1. The number of rotatable bonds is 13. The van der Waals surface area contributed by atoms with Crippen LogP contribution >= 0.6 is 0 Å². The van der Waals surface area contributed by atoms with Crippen LogP contribution in [-0.4, -0.2) is 53.1 Å². The minimum atomic E-state index is -4.83. The number of alkyl halides is 5. The van der Waals surface area contributed by atoms with Crippen LogP contribution < -0.4 is 15.4 Å². The first kappa shape index (κ1) is 31.0. The van der Waals surface area contributed by atoms with Crippen molar-refractivity contribution in [1.82, 2.24) is 40.3 Å². The summed E-state index contributed by atoms with van der Waals surface area (Å²) >= 11 is 0. The Morgan fingerprint density at radius 2 is 1.67 bits per heavy atom. The summed E-state index contributed by atoms with van der Waals surface area (Å²) in [6.45, 7) is 1.64. The third-order valence-corrected chi connectivity index (χ3v) is 5.85. The number of nitrogens with one attached hydrogen (secondary N) is 2. The Morgan fingerprint density at radius 1 is 0.953 bits per heavy atom. The molecule has 0 aliphatic carbocycles. The van der Waals surface area contributed by atoms with Crippen LogP contribution in [0, 0.1) is 0 Å². The second-order valence-corrected chi connectivity index (χ2v) is 9.47. The van der Waals surface area contributed by atoms with Gasteiger partial charge in [-0.1, -0.05) is 22.6 Å². The van der Waals surface area contributed by atoms with Crippen molar-refractivity contribution < 1.29 is 36.3 Å². The Labute approximate surface area is 241 Å². The van der Waals surface area contributed by atoms with Gasteiger partial charge in [0.1, 0.15) is 5.75 Å². The van der Waals surface area contributed by atoms with Gasteiger partial charge in [0.05, 0.1) is 31.1 Å². The molecule has 0 aliphatic rings. The molecule has 0 fully saturated rings. The molecular weight excluding hydrogens is 581 g/mol. The van der Waals surface area contributed by atoms with Gasteiger partial charge in [-0.3, -0.25) is 23.9 Å². The molecule has 228 valence electrons. The highest BCUT2D eigenvalue weighted by molar-refractivity contribution is 5.92. The Hall–Kier alpha value is -4.96. The van der Waals surface area contributed by atoms with Gasteiger partial charge in [0.15, 0.2) is 11.5 Å². The molecule has 0 spiro atoms. The van der Waals surface area contributed by atoms with Crippen LogP contribution in [-0.2, 0) is 36.8 Å². The third kappa shape index (κ3) is 9.82. The molecule has 12 nitrogen and oxygen atoms in total. The van der Waals surface area contributed by atoms with Gasteiger partial charge in [0.25, 0.3) is 11.8 Å². The molecular formula is C26H26F5N9O3. The average Bonchev–Trinajstić information content (AvgIpc) is 3.58. The lowest BCUT2D eigenvalue weighted by Crippen LogP contribution is -2.24. The predicted molar refractivity (Wildman–Crippen MR) is 140 cm³/mol. The SMILES string of the molecule is CC(F)(F)c1ccnc(CNC(=O)c2cn(CCCCn3cc(NC(=O)Cc4cccc(OC(F)(F)F)c4)nn3)nn2)c1. The third-order valence-electron chi connectivity index (χ3n) is 5.85. The Morgan fingerprint density at radius 3 is 2.40 bits per heavy atom. The first-order chi connectivity index (χ1) is 20.3. The zero-order valence-electron chi connectivity index (χ0n) is 22.7. The fourth-order valence-electron chi connectivity index (χ4n) is 3.86. The number of halogens is 5. The van der Waals surface area contributed by atoms with Crippen LogP contribution in [0.2, 0.25) is 0 Å². The maximum Gasteiger partial charge on any atom is 0.573 e. The molecule has 2 amide bonds. The molecule has 0 bridgehead atoms. The molecule has 0 saturated carbocycles. The van der Waals surface area contributed by atoms with E-state index < -0.39 is 29.8 Å². The summed E-state index contributed by atoms with van der Waals surface area (Å²) in [5, 5.41) is 20.7. The number of benzene rings is 1. The molecule has 43 heavy (non-hydrogen) atoms. The monoisotopic (exact) mass is 607 g/mol. The normalized spacial score (nSPS) is 11.8.